The average Bonchev–Trinajstić information content (AvgIpc) is 2.96. The molecule has 3 unspecified atom stereocenters. The number of amides is 3. The fourth-order valence-corrected chi connectivity index (χ4v) is 4.74. The summed E-state index contributed by atoms with van der Waals surface area (Å²) >= 11 is 0. The molecule has 0 saturated carbocycles. The van der Waals surface area contributed by atoms with Crippen molar-refractivity contribution in [1.29, 1.82) is 0 Å². The smallest absolute Gasteiger partial charge is 0.380 e. The number of carbonyl (C=O) groups excluding carboxylic acids is 2. The van der Waals surface area contributed by atoms with E-state index in [0.29, 0.717) is 24.7 Å². The summed E-state index contributed by atoms with van der Waals surface area (Å²) in [7, 11) is -4.87. The second kappa shape index (κ2) is 8.33. The molecule has 170 valence electrons. The summed E-state index contributed by atoms with van der Waals surface area (Å²) in [6, 6.07) is 7.04. The lowest BCUT2D eigenvalue weighted by Crippen LogP contribution is -2.61. The highest BCUT2D eigenvalue weighted by Crippen LogP contribution is 2.48. The van der Waals surface area contributed by atoms with E-state index in [2.05, 4.69) is 9.76 Å². The van der Waals surface area contributed by atoms with E-state index in [-0.39, 0.29) is 19.6 Å². The summed E-state index contributed by atoms with van der Waals surface area (Å²) in [5.41, 5.74) is 8.69. The topological polar surface area (TPSA) is 161 Å². The number of hydroxylamine groups is 3. The summed E-state index contributed by atoms with van der Waals surface area (Å²) in [5, 5.41) is 0.672. The van der Waals surface area contributed by atoms with Crippen LogP contribution in [0.4, 0.5) is 4.79 Å². The van der Waals surface area contributed by atoms with Crippen LogP contribution < -0.4 is 11.2 Å². The van der Waals surface area contributed by atoms with Gasteiger partial charge in [-0.3, -0.25) is 14.2 Å². The van der Waals surface area contributed by atoms with Crippen LogP contribution in [-0.2, 0) is 29.1 Å². The molecular formula is C18H24N4O8S. The minimum atomic E-state index is -4.87. The Morgan fingerprint density at radius 3 is 2.68 bits per heavy atom. The van der Waals surface area contributed by atoms with Gasteiger partial charge in [0.05, 0.1) is 31.9 Å². The Morgan fingerprint density at radius 2 is 2.06 bits per heavy atom. The zero-order chi connectivity index (χ0) is 22.2. The van der Waals surface area contributed by atoms with Gasteiger partial charge in [-0.15, -0.1) is 4.28 Å². The lowest BCUT2D eigenvalue weighted by Gasteiger charge is -2.50. The molecule has 3 amide bonds. The van der Waals surface area contributed by atoms with Gasteiger partial charge >= 0.3 is 16.4 Å². The fraction of sp³-hybridized carbons (Fsp3) is 0.556. The summed E-state index contributed by atoms with van der Waals surface area (Å²) < 4.78 is 41.2. The van der Waals surface area contributed by atoms with E-state index >= 15 is 0 Å². The molecule has 12 nitrogen and oxygen atoms in total. The van der Waals surface area contributed by atoms with Crippen molar-refractivity contribution in [2.45, 2.75) is 31.0 Å². The molecule has 4 N–H and O–H groups in total. The molecule has 3 saturated heterocycles. The number of urea groups is 1. The number of rotatable bonds is 8. The Labute approximate surface area is 179 Å². The van der Waals surface area contributed by atoms with Crippen molar-refractivity contribution < 1.29 is 36.4 Å². The molecule has 0 aromatic heterocycles. The van der Waals surface area contributed by atoms with Crippen molar-refractivity contribution in [2.24, 2.45) is 11.1 Å². The number of hydrogen-bond donors (Lipinski definition) is 3. The lowest BCUT2D eigenvalue weighted by molar-refractivity contribution is -0.192. The maximum Gasteiger partial charge on any atom is 0.418 e. The Bertz CT molecular complexity index is 939. The zero-order valence-electron chi connectivity index (χ0n) is 16.5. The van der Waals surface area contributed by atoms with Crippen LogP contribution in [-0.4, -0.2) is 73.3 Å². The average molecular weight is 456 g/mol. The van der Waals surface area contributed by atoms with E-state index in [0.717, 1.165) is 5.56 Å². The van der Waals surface area contributed by atoms with Gasteiger partial charge in [-0.25, -0.2) is 10.3 Å². The second-order valence-electron chi connectivity index (χ2n) is 8.05. The number of fused-ring (bicyclic) bond motifs is 3. The van der Waals surface area contributed by atoms with Crippen LogP contribution in [0.15, 0.2) is 30.3 Å². The Hall–Kier alpha value is -2.29. The molecule has 3 heterocycles. The van der Waals surface area contributed by atoms with Gasteiger partial charge in [-0.05, 0) is 12.0 Å². The van der Waals surface area contributed by atoms with Crippen molar-refractivity contribution >= 4 is 22.3 Å². The number of nitrogens with one attached hydrogen (secondary N) is 1. The highest BCUT2D eigenvalue weighted by Gasteiger charge is 2.62. The van der Waals surface area contributed by atoms with Crippen LogP contribution in [0.5, 0.6) is 0 Å². The molecule has 3 fully saturated rings. The molecule has 2 bridgehead atoms. The number of ether oxygens (including phenoxy) is 1. The number of benzene rings is 1. The third kappa shape index (κ3) is 4.51. The molecule has 0 aliphatic carbocycles. The van der Waals surface area contributed by atoms with Crippen molar-refractivity contribution in [1.82, 2.24) is 15.4 Å². The van der Waals surface area contributed by atoms with Gasteiger partial charge in [-0.1, -0.05) is 30.3 Å². The summed E-state index contributed by atoms with van der Waals surface area (Å²) in [4.78, 5) is 31.7. The molecule has 31 heavy (non-hydrogen) atoms. The molecule has 1 spiro atoms. The van der Waals surface area contributed by atoms with Crippen LogP contribution >= 0.6 is 0 Å². The molecule has 0 radical (unpaired) electrons. The minimum absolute atomic E-state index is 0.0551. The first-order chi connectivity index (χ1) is 14.7. The quantitative estimate of drug-likeness (QED) is 0.354. The van der Waals surface area contributed by atoms with E-state index in [9.17, 15) is 18.0 Å². The third-order valence-electron chi connectivity index (χ3n) is 5.93. The first-order valence-electron chi connectivity index (χ1n) is 9.74. The monoisotopic (exact) mass is 456 g/mol. The van der Waals surface area contributed by atoms with Crippen LogP contribution in [0.25, 0.3) is 0 Å². The van der Waals surface area contributed by atoms with Crippen molar-refractivity contribution in [2.75, 3.05) is 26.4 Å². The zero-order valence-corrected chi connectivity index (χ0v) is 17.4. The Balaban J connectivity index is 1.35. The van der Waals surface area contributed by atoms with E-state index < -0.39 is 45.9 Å². The minimum Gasteiger partial charge on any atom is -0.380 e. The van der Waals surface area contributed by atoms with Gasteiger partial charge < -0.3 is 15.4 Å². The van der Waals surface area contributed by atoms with Crippen molar-refractivity contribution in [3.05, 3.63) is 35.9 Å². The maximum absolute atomic E-state index is 12.7. The van der Waals surface area contributed by atoms with E-state index in [1.165, 1.54) is 4.90 Å². The van der Waals surface area contributed by atoms with Crippen molar-refractivity contribution in [3.8, 4) is 0 Å². The first kappa shape index (κ1) is 21.9. The standard InChI is InChI=1S/C18H24N4O8S/c19-14(12-4-2-1-3-5-12)9-29-20-16(23)6-13-7-18(10-28-11-18)15-8-21(13)17(24)22(15)30-31(25,26)27/h1-5,13-15H,6-11,19H2,(H,20,23)(H,25,26,27). The molecule has 3 atom stereocenters. The summed E-state index contributed by atoms with van der Waals surface area (Å²) in [6.07, 6.45) is 0.367. The molecule has 13 heteroatoms. The molecular weight excluding hydrogens is 432 g/mol. The van der Waals surface area contributed by atoms with Gasteiger partial charge in [0, 0.05) is 24.4 Å². The van der Waals surface area contributed by atoms with Gasteiger partial charge in [0.25, 0.3) is 0 Å². The molecule has 3 aliphatic heterocycles. The Kier molecular flexibility index (Phi) is 5.89. The normalized spacial score (nSPS) is 25.4. The Morgan fingerprint density at radius 1 is 1.35 bits per heavy atom. The highest BCUT2D eigenvalue weighted by atomic mass is 32.3. The second-order valence-corrected chi connectivity index (χ2v) is 9.05. The molecule has 4 rings (SSSR count). The molecule has 3 aliphatic rings. The summed E-state index contributed by atoms with van der Waals surface area (Å²) in [5.74, 6) is -0.443. The molecule has 1 aromatic rings. The van der Waals surface area contributed by atoms with Crippen LogP contribution in [0.2, 0.25) is 0 Å². The van der Waals surface area contributed by atoms with Gasteiger partial charge in [-0.2, -0.15) is 13.5 Å². The number of hydrogen-bond acceptors (Lipinski definition) is 8. The largest absolute Gasteiger partial charge is 0.418 e. The van der Waals surface area contributed by atoms with E-state index in [1.54, 1.807) is 0 Å². The lowest BCUT2D eigenvalue weighted by atomic mass is 9.70. The van der Waals surface area contributed by atoms with Gasteiger partial charge in [0.1, 0.15) is 0 Å². The number of nitrogens with two attached hydrogens (primary N) is 1. The van der Waals surface area contributed by atoms with Crippen LogP contribution in [0.1, 0.15) is 24.4 Å². The summed E-state index contributed by atoms with van der Waals surface area (Å²) in [6.45, 7) is 0.823. The first-order valence-corrected chi connectivity index (χ1v) is 11.1. The number of carbonyl (C=O) groups is 2. The van der Waals surface area contributed by atoms with E-state index in [1.807, 2.05) is 30.3 Å². The van der Waals surface area contributed by atoms with Crippen LogP contribution in [0.3, 0.4) is 0 Å². The fourth-order valence-electron chi connectivity index (χ4n) is 4.37. The molecule has 1 aromatic carbocycles. The highest BCUT2D eigenvalue weighted by molar-refractivity contribution is 7.80. The number of piperidine rings is 1. The van der Waals surface area contributed by atoms with E-state index in [4.69, 9.17) is 19.9 Å². The van der Waals surface area contributed by atoms with Gasteiger partial charge in [0.2, 0.25) is 5.91 Å². The predicted molar refractivity (Wildman–Crippen MR) is 104 cm³/mol. The predicted octanol–water partition coefficient (Wildman–Crippen LogP) is -0.246. The SMILES string of the molecule is NC(CONC(=O)CC1CC2(COC2)C2CN1C(=O)N2OS(=O)(=O)O)c1ccccc1. The maximum atomic E-state index is 12.7. The number of nitrogens with zero attached hydrogens (tertiary/aromatic N) is 2. The van der Waals surface area contributed by atoms with Crippen molar-refractivity contribution in [3.63, 3.8) is 0 Å². The van der Waals surface area contributed by atoms with Gasteiger partial charge in [0.15, 0.2) is 0 Å². The van der Waals surface area contributed by atoms with Crippen LogP contribution in [0, 0.1) is 5.41 Å². The third-order valence-corrected chi connectivity index (χ3v) is 6.28.